The molecule has 0 aliphatic carbocycles. The van der Waals surface area contributed by atoms with Crippen LogP contribution in [0.5, 0.6) is 0 Å². The number of aromatic amines is 1. The van der Waals surface area contributed by atoms with Crippen molar-refractivity contribution >= 4 is 11.8 Å². The van der Waals surface area contributed by atoms with E-state index in [-0.39, 0.29) is 17.2 Å². The lowest BCUT2D eigenvalue weighted by Gasteiger charge is -2.25. The molecular weight excluding hydrogens is 266 g/mol. The molecule has 0 atom stereocenters. The quantitative estimate of drug-likeness (QED) is 0.907. The summed E-state index contributed by atoms with van der Waals surface area (Å²) in [6.07, 6.45) is 4.87. The van der Waals surface area contributed by atoms with Crippen LogP contribution in [0.3, 0.4) is 0 Å². The molecule has 1 aliphatic rings. The number of rotatable bonds is 2. The molecule has 0 unspecified atom stereocenters. The Balaban J connectivity index is 1.93. The van der Waals surface area contributed by atoms with Crippen LogP contribution in [0.4, 0.5) is 0 Å². The van der Waals surface area contributed by atoms with Crippen molar-refractivity contribution < 1.29 is 9.59 Å². The number of amides is 2. The molecule has 116 valence electrons. The fourth-order valence-corrected chi connectivity index (χ4v) is 2.57. The molecule has 0 aromatic carbocycles. The van der Waals surface area contributed by atoms with Gasteiger partial charge >= 0.3 is 0 Å². The van der Waals surface area contributed by atoms with Crippen LogP contribution in [-0.2, 0) is 4.79 Å². The van der Waals surface area contributed by atoms with Gasteiger partial charge in [-0.3, -0.25) is 9.59 Å². The number of hydrogen-bond acceptors (Lipinski definition) is 2. The second-order valence-corrected chi connectivity index (χ2v) is 6.86. The van der Waals surface area contributed by atoms with E-state index in [0.717, 1.165) is 13.0 Å². The minimum absolute atomic E-state index is 0.00399. The maximum absolute atomic E-state index is 12.3. The lowest BCUT2D eigenvalue weighted by atomic mass is 9.91. The number of nitrogens with one attached hydrogen (secondary N) is 1. The van der Waals surface area contributed by atoms with Crippen molar-refractivity contribution in [2.24, 2.45) is 5.41 Å². The normalized spacial score (nSPS) is 16.7. The van der Waals surface area contributed by atoms with Crippen molar-refractivity contribution in [2.75, 3.05) is 26.2 Å². The third-order valence-corrected chi connectivity index (χ3v) is 3.66. The first-order chi connectivity index (χ1) is 9.87. The number of aromatic nitrogens is 1. The predicted molar refractivity (Wildman–Crippen MR) is 82.0 cm³/mol. The van der Waals surface area contributed by atoms with Gasteiger partial charge in [0, 0.05) is 45.0 Å². The minimum atomic E-state index is 0.00399. The molecule has 1 fully saturated rings. The zero-order chi connectivity index (χ0) is 15.5. The first kappa shape index (κ1) is 15.6. The molecule has 1 N–H and O–H groups in total. The number of carbonyl (C=O) groups excluding carboxylic acids is 2. The Bertz CT molecular complexity index is 488. The van der Waals surface area contributed by atoms with Crippen molar-refractivity contribution in [1.29, 1.82) is 0 Å². The summed E-state index contributed by atoms with van der Waals surface area (Å²) in [5.41, 5.74) is 0.689. The zero-order valence-electron chi connectivity index (χ0n) is 13.2. The molecule has 2 rings (SSSR count). The molecule has 0 radical (unpaired) electrons. The highest BCUT2D eigenvalue weighted by Gasteiger charge is 2.25. The summed E-state index contributed by atoms with van der Waals surface area (Å²) in [7, 11) is 0. The molecule has 0 saturated carbocycles. The number of H-pyrrole nitrogens is 1. The van der Waals surface area contributed by atoms with Gasteiger partial charge in [0.05, 0.1) is 5.56 Å². The van der Waals surface area contributed by atoms with Gasteiger partial charge in [-0.25, -0.2) is 0 Å². The maximum atomic E-state index is 12.3. The van der Waals surface area contributed by atoms with Gasteiger partial charge in [-0.05, 0) is 17.9 Å². The van der Waals surface area contributed by atoms with Crippen LogP contribution < -0.4 is 0 Å². The van der Waals surface area contributed by atoms with Crippen LogP contribution in [0.15, 0.2) is 18.5 Å². The van der Waals surface area contributed by atoms with E-state index in [1.54, 1.807) is 18.5 Å². The molecule has 21 heavy (non-hydrogen) atoms. The average molecular weight is 291 g/mol. The summed E-state index contributed by atoms with van der Waals surface area (Å²) in [4.78, 5) is 31.3. The van der Waals surface area contributed by atoms with Gasteiger partial charge in [0.25, 0.3) is 5.91 Å². The average Bonchev–Trinajstić information content (AvgIpc) is 2.80. The topological polar surface area (TPSA) is 56.4 Å². The summed E-state index contributed by atoms with van der Waals surface area (Å²) in [6, 6.07) is 1.79. The van der Waals surface area contributed by atoms with Gasteiger partial charge in [0.15, 0.2) is 0 Å². The van der Waals surface area contributed by atoms with E-state index in [9.17, 15) is 9.59 Å². The van der Waals surface area contributed by atoms with Gasteiger partial charge < -0.3 is 14.8 Å². The smallest absolute Gasteiger partial charge is 0.255 e. The Morgan fingerprint density at radius 3 is 2.43 bits per heavy atom. The molecule has 5 nitrogen and oxygen atoms in total. The van der Waals surface area contributed by atoms with Gasteiger partial charge in [0.1, 0.15) is 0 Å². The standard InChI is InChI=1S/C16H25N3O2/c1-16(2,3)11-14(20)18-7-4-8-19(10-9-18)15(21)13-5-6-17-12-13/h5-6,12,17H,4,7-11H2,1-3H3. The zero-order valence-corrected chi connectivity index (χ0v) is 13.2. The maximum Gasteiger partial charge on any atom is 0.255 e. The molecule has 0 spiro atoms. The molecule has 1 aromatic heterocycles. The lowest BCUT2D eigenvalue weighted by molar-refractivity contribution is -0.132. The summed E-state index contributed by atoms with van der Waals surface area (Å²) in [5, 5.41) is 0. The first-order valence-electron chi connectivity index (χ1n) is 7.57. The highest BCUT2D eigenvalue weighted by atomic mass is 16.2. The fraction of sp³-hybridized carbons (Fsp3) is 0.625. The highest BCUT2D eigenvalue weighted by Crippen LogP contribution is 2.20. The summed E-state index contributed by atoms with van der Waals surface area (Å²) >= 11 is 0. The van der Waals surface area contributed by atoms with Crippen LogP contribution in [0, 0.1) is 5.41 Å². The predicted octanol–water partition coefficient (Wildman–Crippen LogP) is 2.13. The Labute approximate surface area is 126 Å². The second kappa shape index (κ2) is 6.33. The van der Waals surface area contributed by atoms with Crippen LogP contribution in [-0.4, -0.2) is 52.8 Å². The van der Waals surface area contributed by atoms with Gasteiger partial charge in [-0.1, -0.05) is 20.8 Å². The third-order valence-electron chi connectivity index (χ3n) is 3.66. The summed E-state index contributed by atoms with van der Waals surface area (Å²) in [6.45, 7) is 8.92. The monoisotopic (exact) mass is 291 g/mol. The van der Waals surface area contributed by atoms with Crippen molar-refractivity contribution in [3.63, 3.8) is 0 Å². The molecule has 1 aromatic rings. The van der Waals surface area contributed by atoms with E-state index in [0.29, 0.717) is 31.6 Å². The van der Waals surface area contributed by atoms with Crippen LogP contribution in [0.25, 0.3) is 0 Å². The Hall–Kier alpha value is -1.78. The van der Waals surface area contributed by atoms with E-state index in [1.807, 2.05) is 9.80 Å². The minimum Gasteiger partial charge on any atom is -0.367 e. The number of nitrogens with zero attached hydrogens (tertiary/aromatic N) is 2. The van der Waals surface area contributed by atoms with Crippen molar-refractivity contribution in [3.8, 4) is 0 Å². The van der Waals surface area contributed by atoms with E-state index < -0.39 is 0 Å². The van der Waals surface area contributed by atoms with E-state index >= 15 is 0 Å². The van der Waals surface area contributed by atoms with Crippen LogP contribution in [0.1, 0.15) is 44.0 Å². The van der Waals surface area contributed by atoms with Gasteiger partial charge in [-0.15, -0.1) is 0 Å². The van der Waals surface area contributed by atoms with Crippen LogP contribution >= 0.6 is 0 Å². The fourth-order valence-electron chi connectivity index (χ4n) is 2.57. The largest absolute Gasteiger partial charge is 0.367 e. The molecule has 1 aliphatic heterocycles. The Morgan fingerprint density at radius 1 is 1.14 bits per heavy atom. The summed E-state index contributed by atoms with van der Waals surface area (Å²) in [5.74, 6) is 0.236. The van der Waals surface area contributed by atoms with Crippen LogP contribution in [0.2, 0.25) is 0 Å². The molecule has 1 saturated heterocycles. The van der Waals surface area contributed by atoms with Gasteiger partial charge in [0.2, 0.25) is 5.91 Å². The van der Waals surface area contributed by atoms with Crippen molar-refractivity contribution in [1.82, 2.24) is 14.8 Å². The molecular formula is C16H25N3O2. The van der Waals surface area contributed by atoms with Gasteiger partial charge in [-0.2, -0.15) is 0 Å². The van der Waals surface area contributed by atoms with E-state index in [1.165, 1.54) is 0 Å². The van der Waals surface area contributed by atoms with Crippen molar-refractivity contribution in [3.05, 3.63) is 24.0 Å². The van der Waals surface area contributed by atoms with E-state index in [4.69, 9.17) is 0 Å². The molecule has 0 bridgehead atoms. The number of carbonyl (C=O) groups is 2. The molecule has 2 heterocycles. The Morgan fingerprint density at radius 2 is 1.81 bits per heavy atom. The van der Waals surface area contributed by atoms with E-state index in [2.05, 4.69) is 25.8 Å². The molecule has 2 amide bonds. The second-order valence-electron chi connectivity index (χ2n) is 6.86. The lowest BCUT2D eigenvalue weighted by Crippen LogP contribution is -2.38. The first-order valence-corrected chi connectivity index (χ1v) is 7.57. The molecule has 5 heteroatoms. The summed E-state index contributed by atoms with van der Waals surface area (Å²) < 4.78 is 0. The highest BCUT2D eigenvalue weighted by molar-refractivity contribution is 5.94. The Kier molecular flexibility index (Phi) is 4.70. The third kappa shape index (κ3) is 4.34. The SMILES string of the molecule is CC(C)(C)CC(=O)N1CCCN(C(=O)c2cc[nH]c2)CC1. The number of hydrogen-bond donors (Lipinski definition) is 1. The van der Waals surface area contributed by atoms with Crippen molar-refractivity contribution in [2.45, 2.75) is 33.6 Å².